The molecular formula is C15H18N2O2. The van der Waals surface area contributed by atoms with Gasteiger partial charge in [0.25, 0.3) is 0 Å². The highest BCUT2D eigenvalue weighted by atomic mass is 16.5. The third-order valence-electron chi connectivity index (χ3n) is 2.95. The molecular weight excluding hydrogens is 240 g/mol. The van der Waals surface area contributed by atoms with Crippen LogP contribution in [0.2, 0.25) is 0 Å². The minimum atomic E-state index is -0.726. The molecule has 0 radical (unpaired) electrons. The van der Waals surface area contributed by atoms with Crippen molar-refractivity contribution in [1.82, 2.24) is 9.97 Å². The van der Waals surface area contributed by atoms with Crippen LogP contribution in [0, 0.1) is 13.8 Å². The van der Waals surface area contributed by atoms with E-state index in [9.17, 15) is 5.11 Å². The van der Waals surface area contributed by atoms with Gasteiger partial charge in [0.05, 0.1) is 7.11 Å². The van der Waals surface area contributed by atoms with E-state index in [1.165, 1.54) is 0 Å². The fourth-order valence-electron chi connectivity index (χ4n) is 1.94. The van der Waals surface area contributed by atoms with Crippen LogP contribution in [0.15, 0.2) is 30.6 Å². The van der Waals surface area contributed by atoms with Crippen molar-refractivity contribution >= 4 is 0 Å². The van der Waals surface area contributed by atoms with E-state index in [0.717, 1.165) is 22.4 Å². The van der Waals surface area contributed by atoms with Crippen molar-refractivity contribution in [3.63, 3.8) is 0 Å². The first-order valence-electron chi connectivity index (χ1n) is 6.20. The van der Waals surface area contributed by atoms with Gasteiger partial charge in [-0.05, 0) is 31.0 Å². The molecule has 100 valence electrons. The number of aliphatic hydroxyl groups excluding tert-OH is 1. The van der Waals surface area contributed by atoms with E-state index in [1.807, 2.05) is 32.0 Å². The third-order valence-corrected chi connectivity index (χ3v) is 2.95. The summed E-state index contributed by atoms with van der Waals surface area (Å²) in [5.74, 6) is 1.21. The average molecular weight is 258 g/mol. The van der Waals surface area contributed by atoms with Crippen molar-refractivity contribution in [2.45, 2.75) is 26.4 Å². The first kappa shape index (κ1) is 13.5. The van der Waals surface area contributed by atoms with Crippen LogP contribution in [-0.2, 0) is 6.42 Å². The second-order valence-corrected chi connectivity index (χ2v) is 4.65. The molecule has 1 aromatic heterocycles. The summed E-state index contributed by atoms with van der Waals surface area (Å²) >= 11 is 0. The zero-order valence-electron chi connectivity index (χ0n) is 11.4. The molecule has 0 amide bonds. The molecule has 0 saturated carbocycles. The van der Waals surface area contributed by atoms with Crippen molar-refractivity contribution in [2.24, 2.45) is 0 Å². The van der Waals surface area contributed by atoms with Crippen LogP contribution in [-0.4, -0.2) is 22.2 Å². The predicted octanol–water partition coefficient (Wildman–Crippen LogP) is 2.38. The van der Waals surface area contributed by atoms with Crippen molar-refractivity contribution in [3.8, 4) is 5.75 Å². The SMILES string of the molecule is COc1ccc(C)cc1CC(O)c1ncc(C)cn1. The summed E-state index contributed by atoms with van der Waals surface area (Å²) in [7, 11) is 1.63. The van der Waals surface area contributed by atoms with Crippen LogP contribution in [0.3, 0.4) is 0 Å². The molecule has 1 heterocycles. The Bertz CT molecular complexity index is 553. The Balaban J connectivity index is 2.20. The van der Waals surface area contributed by atoms with Crippen LogP contribution in [0.4, 0.5) is 0 Å². The van der Waals surface area contributed by atoms with Gasteiger partial charge in [-0.3, -0.25) is 0 Å². The molecule has 1 N–H and O–H groups in total. The highest BCUT2D eigenvalue weighted by Crippen LogP contribution is 2.24. The summed E-state index contributed by atoms with van der Waals surface area (Å²) in [6, 6.07) is 5.90. The molecule has 0 saturated heterocycles. The fraction of sp³-hybridized carbons (Fsp3) is 0.333. The van der Waals surface area contributed by atoms with Gasteiger partial charge < -0.3 is 9.84 Å². The van der Waals surface area contributed by atoms with E-state index in [4.69, 9.17) is 4.74 Å². The van der Waals surface area contributed by atoms with Crippen LogP contribution in [0.5, 0.6) is 5.75 Å². The Morgan fingerprint density at radius 3 is 2.47 bits per heavy atom. The number of aromatic nitrogens is 2. The molecule has 2 rings (SSSR count). The Morgan fingerprint density at radius 1 is 1.16 bits per heavy atom. The monoisotopic (exact) mass is 258 g/mol. The van der Waals surface area contributed by atoms with Crippen LogP contribution in [0.1, 0.15) is 28.6 Å². The van der Waals surface area contributed by atoms with E-state index >= 15 is 0 Å². The molecule has 19 heavy (non-hydrogen) atoms. The van der Waals surface area contributed by atoms with E-state index in [-0.39, 0.29) is 0 Å². The van der Waals surface area contributed by atoms with E-state index in [1.54, 1.807) is 19.5 Å². The van der Waals surface area contributed by atoms with Gasteiger partial charge in [-0.2, -0.15) is 0 Å². The maximum atomic E-state index is 10.2. The number of aryl methyl sites for hydroxylation is 2. The lowest BCUT2D eigenvalue weighted by Crippen LogP contribution is -2.08. The van der Waals surface area contributed by atoms with Gasteiger partial charge in [0.1, 0.15) is 11.9 Å². The van der Waals surface area contributed by atoms with Gasteiger partial charge in [-0.1, -0.05) is 17.7 Å². The minimum Gasteiger partial charge on any atom is -0.496 e. The Morgan fingerprint density at radius 2 is 1.84 bits per heavy atom. The number of nitrogens with zero attached hydrogens (tertiary/aromatic N) is 2. The highest BCUT2D eigenvalue weighted by Gasteiger charge is 2.14. The molecule has 0 aliphatic rings. The Labute approximate surface area is 113 Å². The van der Waals surface area contributed by atoms with Crippen molar-refractivity contribution in [2.75, 3.05) is 7.11 Å². The standard InChI is InChI=1S/C15H18N2O2/c1-10-4-5-14(19-3)12(6-10)7-13(18)15-16-8-11(2)9-17-15/h4-6,8-9,13,18H,7H2,1-3H3. The third kappa shape index (κ3) is 3.29. The molecule has 1 atom stereocenters. The van der Waals surface area contributed by atoms with Gasteiger partial charge >= 0.3 is 0 Å². The topological polar surface area (TPSA) is 55.2 Å². The molecule has 2 aromatic rings. The summed E-state index contributed by atoms with van der Waals surface area (Å²) < 4.78 is 5.30. The number of benzene rings is 1. The van der Waals surface area contributed by atoms with Crippen molar-refractivity contribution in [1.29, 1.82) is 0 Å². The Hall–Kier alpha value is -1.94. The van der Waals surface area contributed by atoms with Crippen molar-refractivity contribution in [3.05, 3.63) is 53.1 Å². The molecule has 0 bridgehead atoms. The number of rotatable bonds is 4. The summed E-state index contributed by atoms with van der Waals surface area (Å²) in [6.45, 7) is 3.93. The minimum absolute atomic E-state index is 0.438. The molecule has 0 aliphatic heterocycles. The molecule has 0 spiro atoms. The number of methoxy groups -OCH3 is 1. The van der Waals surface area contributed by atoms with E-state index in [0.29, 0.717) is 12.2 Å². The molecule has 1 unspecified atom stereocenters. The van der Waals surface area contributed by atoms with Gasteiger partial charge in [-0.25, -0.2) is 9.97 Å². The van der Waals surface area contributed by atoms with Gasteiger partial charge in [0, 0.05) is 18.8 Å². The molecule has 0 fully saturated rings. The molecule has 1 aromatic carbocycles. The lowest BCUT2D eigenvalue weighted by molar-refractivity contribution is 0.167. The van der Waals surface area contributed by atoms with E-state index < -0.39 is 6.10 Å². The largest absolute Gasteiger partial charge is 0.496 e. The lowest BCUT2D eigenvalue weighted by atomic mass is 10.0. The number of hydrogen-bond donors (Lipinski definition) is 1. The predicted molar refractivity (Wildman–Crippen MR) is 73.2 cm³/mol. The maximum absolute atomic E-state index is 10.2. The molecule has 4 heteroatoms. The lowest BCUT2D eigenvalue weighted by Gasteiger charge is -2.13. The van der Waals surface area contributed by atoms with Crippen LogP contribution < -0.4 is 4.74 Å². The fourth-order valence-corrected chi connectivity index (χ4v) is 1.94. The number of ether oxygens (including phenoxy) is 1. The first-order chi connectivity index (χ1) is 9.10. The number of hydrogen-bond acceptors (Lipinski definition) is 4. The van der Waals surface area contributed by atoms with Gasteiger partial charge in [0.15, 0.2) is 5.82 Å². The summed E-state index contributed by atoms with van der Waals surface area (Å²) in [5.41, 5.74) is 3.07. The summed E-state index contributed by atoms with van der Waals surface area (Å²) in [5, 5.41) is 10.2. The Kier molecular flexibility index (Phi) is 4.12. The average Bonchev–Trinajstić information content (AvgIpc) is 2.39. The smallest absolute Gasteiger partial charge is 0.157 e. The normalized spacial score (nSPS) is 12.2. The molecule has 4 nitrogen and oxygen atoms in total. The number of aliphatic hydroxyl groups is 1. The second-order valence-electron chi connectivity index (χ2n) is 4.65. The van der Waals surface area contributed by atoms with Crippen molar-refractivity contribution < 1.29 is 9.84 Å². The molecule has 0 aliphatic carbocycles. The van der Waals surface area contributed by atoms with Gasteiger partial charge in [-0.15, -0.1) is 0 Å². The maximum Gasteiger partial charge on any atom is 0.157 e. The summed E-state index contributed by atoms with van der Waals surface area (Å²) in [4.78, 5) is 8.30. The van der Waals surface area contributed by atoms with Crippen LogP contribution >= 0.6 is 0 Å². The zero-order chi connectivity index (χ0) is 13.8. The van der Waals surface area contributed by atoms with Gasteiger partial charge in [0.2, 0.25) is 0 Å². The zero-order valence-corrected chi connectivity index (χ0v) is 11.4. The highest BCUT2D eigenvalue weighted by molar-refractivity contribution is 5.37. The summed E-state index contributed by atoms with van der Waals surface area (Å²) in [6.07, 6.45) is 3.13. The first-order valence-corrected chi connectivity index (χ1v) is 6.20. The quantitative estimate of drug-likeness (QED) is 0.914. The second kappa shape index (κ2) is 5.80. The van der Waals surface area contributed by atoms with Crippen LogP contribution in [0.25, 0.3) is 0 Å². The van der Waals surface area contributed by atoms with E-state index in [2.05, 4.69) is 9.97 Å².